The maximum absolute atomic E-state index is 11.0. The summed E-state index contributed by atoms with van der Waals surface area (Å²) >= 11 is 0. The van der Waals surface area contributed by atoms with Crippen LogP contribution in [0, 0.1) is 13.8 Å². The second-order valence-corrected chi connectivity index (χ2v) is 5.54. The second-order valence-electron chi connectivity index (χ2n) is 5.54. The Hall–Kier alpha value is -2.88. The molecule has 116 valence electrons. The molecule has 4 nitrogen and oxygen atoms in total. The van der Waals surface area contributed by atoms with Crippen molar-refractivity contribution in [2.75, 3.05) is 0 Å². The summed E-state index contributed by atoms with van der Waals surface area (Å²) in [6.07, 6.45) is -0.000233. The lowest BCUT2D eigenvalue weighted by Gasteiger charge is -2.07. The third-order valence-corrected chi connectivity index (χ3v) is 3.99. The highest BCUT2D eigenvalue weighted by molar-refractivity contribution is 5.71. The molecule has 0 fully saturated rings. The zero-order valence-electron chi connectivity index (χ0n) is 13.2. The summed E-state index contributed by atoms with van der Waals surface area (Å²) in [6.45, 7) is 3.75. The van der Waals surface area contributed by atoms with Crippen LogP contribution in [-0.4, -0.2) is 20.9 Å². The van der Waals surface area contributed by atoms with Gasteiger partial charge in [-0.2, -0.15) is 5.10 Å². The highest BCUT2D eigenvalue weighted by Gasteiger charge is 2.15. The summed E-state index contributed by atoms with van der Waals surface area (Å²) < 4.78 is 1.81. The van der Waals surface area contributed by atoms with E-state index in [0.29, 0.717) is 0 Å². The van der Waals surface area contributed by atoms with Gasteiger partial charge in [-0.05, 0) is 37.1 Å². The average molecular weight is 306 g/mol. The molecule has 1 aromatic heterocycles. The Morgan fingerprint density at radius 2 is 1.61 bits per heavy atom. The van der Waals surface area contributed by atoms with Gasteiger partial charge in [-0.25, -0.2) is 4.68 Å². The first kappa shape index (κ1) is 15.0. The van der Waals surface area contributed by atoms with E-state index in [1.165, 1.54) is 5.56 Å². The molecule has 23 heavy (non-hydrogen) atoms. The van der Waals surface area contributed by atoms with E-state index in [-0.39, 0.29) is 6.42 Å². The van der Waals surface area contributed by atoms with Gasteiger partial charge in [0.1, 0.15) is 0 Å². The maximum atomic E-state index is 11.0. The smallest absolute Gasteiger partial charge is 0.307 e. The normalized spacial score (nSPS) is 10.7. The quantitative estimate of drug-likeness (QED) is 0.798. The van der Waals surface area contributed by atoms with Gasteiger partial charge in [-0.15, -0.1) is 0 Å². The standard InChI is InChI=1S/C19H18N2O2/c1-13-18(12-19(22)23)14(2)21(20-13)17-10-8-16(9-11-17)15-6-4-3-5-7-15/h3-11H,12H2,1-2H3,(H,22,23). The number of hydrogen-bond acceptors (Lipinski definition) is 2. The zero-order valence-corrected chi connectivity index (χ0v) is 13.2. The largest absolute Gasteiger partial charge is 0.481 e. The lowest BCUT2D eigenvalue weighted by Crippen LogP contribution is -2.03. The predicted octanol–water partition coefficient (Wildman–Crippen LogP) is 3.78. The predicted molar refractivity (Wildman–Crippen MR) is 89.8 cm³/mol. The van der Waals surface area contributed by atoms with Crippen molar-refractivity contribution in [3.05, 3.63) is 71.5 Å². The van der Waals surface area contributed by atoms with Crippen molar-refractivity contribution in [2.24, 2.45) is 0 Å². The molecule has 1 N–H and O–H groups in total. The molecule has 0 bridgehead atoms. The summed E-state index contributed by atoms with van der Waals surface area (Å²) in [5.74, 6) is -0.838. The maximum Gasteiger partial charge on any atom is 0.307 e. The number of hydrogen-bond donors (Lipinski definition) is 1. The van der Waals surface area contributed by atoms with E-state index in [1.54, 1.807) is 0 Å². The third-order valence-electron chi connectivity index (χ3n) is 3.99. The third kappa shape index (κ3) is 3.01. The van der Waals surface area contributed by atoms with Crippen LogP contribution in [-0.2, 0) is 11.2 Å². The second kappa shape index (κ2) is 6.08. The van der Waals surface area contributed by atoms with Crippen LogP contribution in [0.5, 0.6) is 0 Å². The highest BCUT2D eigenvalue weighted by atomic mass is 16.4. The van der Waals surface area contributed by atoms with Crippen LogP contribution in [0.15, 0.2) is 54.6 Å². The Balaban J connectivity index is 1.95. The first-order valence-corrected chi connectivity index (χ1v) is 7.49. The summed E-state index contributed by atoms with van der Waals surface area (Å²) in [5, 5.41) is 13.5. The van der Waals surface area contributed by atoms with Gasteiger partial charge in [-0.3, -0.25) is 4.79 Å². The van der Waals surface area contributed by atoms with Gasteiger partial charge in [0.25, 0.3) is 0 Å². The van der Waals surface area contributed by atoms with E-state index in [2.05, 4.69) is 29.4 Å². The number of rotatable bonds is 4. The molecule has 3 aromatic rings. The molecule has 1 heterocycles. The molecule has 0 aliphatic rings. The Kier molecular flexibility index (Phi) is 3.98. The van der Waals surface area contributed by atoms with Crippen molar-refractivity contribution >= 4 is 5.97 Å². The number of carboxylic acid groups (broad SMARTS) is 1. The first-order valence-electron chi connectivity index (χ1n) is 7.49. The Morgan fingerprint density at radius 1 is 1.00 bits per heavy atom. The van der Waals surface area contributed by atoms with E-state index in [0.717, 1.165) is 28.2 Å². The number of aromatic nitrogens is 2. The van der Waals surface area contributed by atoms with Crippen molar-refractivity contribution in [3.63, 3.8) is 0 Å². The fourth-order valence-electron chi connectivity index (χ4n) is 2.76. The number of nitrogens with zero attached hydrogens (tertiary/aromatic N) is 2. The minimum Gasteiger partial charge on any atom is -0.481 e. The molecule has 0 aliphatic heterocycles. The van der Waals surface area contributed by atoms with Crippen LogP contribution in [0.25, 0.3) is 16.8 Å². The van der Waals surface area contributed by atoms with E-state index < -0.39 is 5.97 Å². The van der Waals surface area contributed by atoms with Gasteiger partial charge >= 0.3 is 5.97 Å². The number of carboxylic acids is 1. The SMILES string of the molecule is Cc1nn(-c2ccc(-c3ccccc3)cc2)c(C)c1CC(=O)O. The first-order chi connectivity index (χ1) is 11.1. The molecular formula is C19H18N2O2. The fraction of sp³-hybridized carbons (Fsp3) is 0.158. The summed E-state index contributed by atoms with van der Waals surface area (Å²) in [7, 11) is 0. The van der Waals surface area contributed by atoms with Gasteiger partial charge < -0.3 is 5.11 Å². The van der Waals surface area contributed by atoms with Crippen molar-refractivity contribution in [1.82, 2.24) is 9.78 Å². The van der Waals surface area contributed by atoms with E-state index >= 15 is 0 Å². The van der Waals surface area contributed by atoms with Gasteiger partial charge in [0.2, 0.25) is 0 Å². The minimum absolute atomic E-state index is 0.000233. The van der Waals surface area contributed by atoms with Crippen LogP contribution in [0.2, 0.25) is 0 Å². The monoisotopic (exact) mass is 306 g/mol. The van der Waals surface area contributed by atoms with Gasteiger partial charge in [0.05, 0.1) is 17.8 Å². The summed E-state index contributed by atoms with van der Waals surface area (Å²) in [6, 6.07) is 18.3. The average Bonchev–Trinajstić information content (AvgIpc) is 2.84. The summed E-state index contributed by atoms with van der Waals surface area (Å²) in [4.78, 5) is 11.0. The molecular weight excluding hydrogens is 288 g/mol. The number of aryl methyl sites for hydroxylation is 1. The minimum atomic E-state index is -0.838. The molecule has 0 aliphatic carbocycles. The van der Waals surface area contributed by atoms with Gasteiger partial charge in [0, 0.05) is 11.3 Å². The molecule has 0 saturated heterocycles. The van der Waals surface area contributed by atoms with Crippen LogP contribution < -0.4 is 0 Å². The molecule has 0 atom stereocenters. The van der Waals surface area contributed by atoms with Crippen molar-refractivity contribution in [3.8, 4) is 16.8 Å². The number of benzene rings is 2. The van der Waals surface area contributed by atoms with Gasteiger partial charge in [-0.1, -0.05) is 42.5 Å². The van der Waals surface area contributed by atoms with Crippen LogP contribution in [0.3, 0.4) is 0 Å². The number of aliphatic carboxylic acids is 1. The summed E-state index contributed by atoms with van der Waals surface area (Å²) in [5.41, 5.74) is 5.65. The highest BCUT2D eigenvalue weighted by Crippen LogP contribution is 2.23. The Labute approximate surface area is 135 Å². The fourth-order valence-corrected chi connectivity index (χ4v) is 2.76. The van der Waals surface area contributed by atoms with Crippen LogP contribution >= 0.6 is 0 Å². The van der Waals surface area contributed by atoms with Crippen molar-refractivity contribution < 1.29 is 9.90 Å². The van der Waals surface area contributed by atoms with Gasteiger partial charge in [0.15, 0.2) is 0 Å². The van der Waals surface area contributed by atoms with Crippen LogP contribution in [0.1, 0.15) is 17.0 Å². The van der Waals surface area contributed by atoms with Crippen molar-refractivity contribution in [1.29, 1.82) is 0 Å². The molecule has 3 rings (SSSR count). The topological polar surface area (TPSA) is 55.1 Å². The lowest BCUT2D eigenvalue weighted by molar-refractivity contribution is -0.136. The molecule has 4 heteroatoms. The molecule has 0 spiro atoms. The molecule has 0 radical (unpaired) electrons. The van der Waals surface area contributed by atoms with Crippen molar-refractivity contribution in [2.45, 2.75) is 20.3 Å². The van der Waals surface area contributed by atoms with E-state index in [9.17, 15) is 4.79 Å². The van der Waals surface area contributed by atoms with E-state index in [4.69, 9.17) is 5.11 Å². The lowest BCUT2D eigenvalue weighted by atomic mass is 10.1. The molecule has 0 unspecified atom stereocenters. The van der Waals surface area contributed by atoms with Crippen LogP contribution in [0.4, 0.5) is 0 Å². The number of carbonyl (C=O) groups is 1. The Morgan fingerprint density at radius 3 is 2.22 bits per heavy atom. The Bertz CT molecular complexity index is 834. The molecule has 0 saturated carbocycles. The molecule has 2 aromatic carbocycles. The zero-order chi connectivity index (χ0) is 16.4. The van der Waals surface area contributed by atoms with E-state index in [1.807, 2.05) is 48.9 Å². The molecule has 0 amide bonds.